The van der Waals surface area contributed by atoms with Gasteiger partial charge in [0.25, 0.3) is 0 Å². The van der Waals surface area contributed by atoms with Crippen molar-refractivity contribution in [1.82, 2.24) is 29.5 Å². The van der Waals surface area contributed by atoms with Gasteiger partial charge in [-0.25, -0.2) is 24.5 Å². The highest BCUT2D eigenvalue weighted by Crippen LogP contribution is 2.39. The molecule has 1 saturated carbocycles. The van der Waals surface area contributed by atoms with Gasteiger partial charge < -0.3 is 15.8 Å². The third-order valence-corrected chi connectivity index (χ3v) is 6.60. The van der Waals surface area contributed by atoms with Gasteiger partial charge in [0.05, 0.1) is 0 Å². The first kappa shape index (κ1) is 21.3. The average molecular weight is 467 g/mol. The molecule has 5 aromatic rings. The smallest absolute Gasteiger partial charge is 0.218 e. The Labute approximate surface area is 202 Å². The summed E-state index contributed by atoms with van der Waals surface area (Å²) in [5.41, 5.74) is 11.7. The SMILES string of the molecule is Cc1cc2c(N)nccc2c(C)c1CNc1cc(OCc2nc3ccc(C4CC4)cn3n2)ncn1. The molecule has 0 aliphatic heterocycles. The number of benzene rings is 1. The van der Waals surface area contributed by atoms with Gasteiger partial charge in [-0.05, 0) is 78.4 Å². The third kappa shape index (κ3) is 4.21. The molecule has 4 heterocycles. The largest absolute Gasteiger partial charge is 0.469 e. The molecular weight excluding hydrogens is 440 g/mol. The van der Waals surface area contributed by atoms with Gasteiger partial charge in [0.2, 0.25) is 5.88 Å². The highest BCUT2D eigenvalue weighted by atomic mass is 16.5. The fraction of sp³-hybridized carbons (Fsp3) is 0.269. The van der Waals surface area contributed by atoms with Crippen molar-refractivity contribution in [2.24, 2.45) is 0 Å². The first-order valence-electron chi connectivity index (χ1n) is 11.7. The lowest BCUT2D eigenvalue weighted by molar-refractivity contribution is 0.284. The Morgan fingerprint density at radius 1 is 1.09 bits per heavy atom. The van der Waals surface area contributed by atoms with Crippen LogP contribution in [0.4, 0.5) is 11.6 Å². The van der Waals surface area contributed by atoms with Crippen molar-refractivity contribution in [3.05, 3.63) is 77.1 Å². The number of aryl methyl sites for hydroxylation is 2. The number of rotatable bonds is 7. The van der Waals surface area contributed by atoms with E-state index >= 15 is 0 Å². The minimum Gasteiger partial charge on any atom is -0.469 e. The van der Waals surface area contributed by atoms with Crippen LogP contribution in [0.25, 0.3) is 16.4 Å². The maximum atomic E-state index is 6.07. The van der Waals surface area contributed by atoms with Crippen LogP contribution in [-0.2, 0) is 13.2 Å². The second-order valence-corrected chi connectivity index (χ2v) is 9.04. The van der Waals surface area contributed by atoms with Crippen molar-refractivity contribution in [3.8, 4) is 5.88 Å². The highest BCUT2D eigenvalue weighted by Gasteiger charge is 2.24. The summed E-state index contributed by atoms with van der Waals surface area (Å²) >= 11 is 0. The molecule has 0 saturated heterocycles. The maximum Gasteiger partial charge on any atom is 0.218 e. The topological polar surface area (TPSA) is 116 Å². The Kier molecular flexibility index (Phi) is 5.17. The van der Waals surface area contributed by atoms with E-state index in [0.717, 1.165) is 22.0 Å². The minimum atomic E-state index is 0.231. The second-order valence-electron chi connectivity index (χ2n) is 9.04. The van der Waals surface area contributed by atoms with E-state index in [9.17, 15) is 0 Å². The molecule has 9 nitrogen and oxygen atoms in total. The van der Waals surface area contributed by atoms with Crippen LogP contribution >= 0.6 is 0 Å². The molecule has 0 radical (unpaired) electrons. The number of fused-ring (bicyclic) bond motifs is 2. The van der Waals surface area contributed by atoms with E-state index in [2.05, 4.69) is 62.5 Å². The summed E-state index contributed by atoms with van der Waals surface area (Å²) in [6, 6.07) is 10.0. The number of pyridine rings is 2. The molecule has 0 unspecified atom stereocenters. The van der Waals surface area contributed by atoms with E-state index in [1.807, 2.05) is 16.6 Å². The Balaban J connectivity index is 1.15. The lowest BCUT2D eigenvalue weighted by Crippen LogP contribution is -2.07. The van der Waals surface area contributed by atoms with Crippen LogP contribution in [-0.4, -0.2) is 29.5 Å². The average Bonchev–Trinajstić information content (AvgIpc) is 3.63. The molecule has 6 rings (SSSR count). The van der Waals surface area contributed by atoms with Crippen LogP contribution in [0.3, 0.4) is 0 Å². The lowest BCUT2D eigenvalue weighted by Gasteiger charge is -2.15. The summed E-state index contributed by atoms with van der Waals surface area (Å²) in [6.07, 6.45) is 7.81. The van der Waals surface area contributed by atoms with E-state index < -0.39 is 0 Å². The van der Waals surface area contributed by atoms with Crippen LogP contribution in [0.2, 0.25) is 0 Å². The third-order valence-electron chi connectivity index (χ3n) is 6.60. The number of nitrogens with zero attached hydrogens (tertiary/aromatic N) is 6. The molecule has 1 aliphatic carbocycles. The van der Waals surface area contributed by atoms with Crippen LogP contribution in [0, 0.1) is 13.8 Å². The van der Waals surface area contributed by atoms with Gasteiger partial charge in [-0.15, -0.1) is 5.10 Å². The monoisotopic (exact) mass is 466 g/mol. The fourth-order valence-corrected chi connectivity index (χ4v) is 4.50. The van der Waals surface area contributed by atoms with Crippen molar-refractivity contribution in [1.29, 1.82) is 0 Å². The number of aromatic nitrogens is 6. The minimum absolute atomic E-state index is 0.231. The summed E-state index contributed by atoms with van der Waals surface area (Å²) in [6.45, 7) is 5.04. The van der Waals surface area contributed by atoms with Gasteiger partial charge in [0.1, 0.15) is 18.0 Å². The molecule has 4 aromatic heterocycles. The first-order chi connectivity index (χ1) is 17.0. The van der Waals surface area contributed by atoms with Crippen LogP contribution < -0.4 is 15.8 Å². The van der Waals surface area contributed by atoms with Crippen molar-refractivity contribution in [2.75, 3.05) is 11.1 Å². The number of anilines is 2. The zero-order valence-corrected chi connectivity index (χ0v) is 19.7. The van der Waals surface area contributed by atoms with Crippen LogP contribution in [0.15, 0.2) is 49.1 Å². The Morgan fingerprint density at radius 2 is 1.97 bits per heavy atom. The van der Waals surface area contributed by atoms with E-state index in [-0.39, 0.29) is 6.61 Å². The first-order valence-corrected chi connectivity index (χ1v) is 11.7. The van der Waals surface area contributed by atoms with Crippen molar-refractivity contribution < 1.29 is 4.74 Å². The summed E-state index contributed by atoms with van der Waals surface area (Å²) < 4.78 is 7.70. The Morgan fingerprint density at radius 3 is 2.83 bits per heavy atom. The predicted molar refractivity (Wildman–Crippen MR) is 134 cm³/mol. The van der Waals surface area contributed by atoms with Gasteiger partial charge in [-0.1, -0.05) is 6.07 Å². The molecule has 1 aromatic carbocycles. The molecular formula is C26H26N8O. The summed E-state index contributed by atoms with van der Waals surface area (Å²) in [5, 5.41) is 10.0. The lowest BCUT2D eigenvalue weighted by atomic mass is 9.96. The van der Waals surface area contributed by atoms with Gasteiger partial charge in [-0.2, -0.15) is 0 Å². The highest BCUT2D eigenvalue weighted by molar-refractivity contribution is 5.94. The number of nitrogens with two attached hydrogens (primary N) is 1. The summed E-state index contributed by atoms with van der Waals surface area (Å²) in [4.78, 5) is 17.3. The van der Waals surface area contributed by atoms with Crippen molar-refractivity contribution >= 4 is 28.1 Å². The molecule has 0 bridgehead atoms. The molecule has 9 heteroatoms. The summed E-state index contributed by atoms with van der Waals surface area (Å²) in [5.74, 6) is 2.98. The molecule has 1 fully saturated rings. The molecule has 35 heavy (non-hydrogen) atoms. The van der Waals surface area contributed by atoms with E-state index in [0.29, 0.717) is 35.8 Å². The molecule has 176 valence electrons. The molecule has 3 N–H and O–H groups in total. The maximum absolute atomic E-state index is 6.07. The predicted octanol–water partition coefficient (Wildman–Crippen LogP) is 4.34. The fourth-order valence-electron chi connectivity index (χ4n) is 4.50. The van der Waals surface area contributed by atoms with E-state index in [1.54, 1.807) is 12.3 Å². The molecule has 0 atom stereocenters. The molecule has 0 amide bonds. The zero-order chi connectivity index (χ0) is 23.9. The van der Waals surface area contributed by atoms with Gasteiger partial charge in [-0.3, -0.25) is 0 Å². The number of nitrogens with one attached hydrogen (secondary N) is 1. The van der Waals surface area contributed by atoms with Crippen LogP contribution in [0.1, 0.15) is 46.8 Å². The van der Waals surface area contributed by atoms with E-state index in [4.69, 9.17) is 10.5 Å². The van der Waals surface area contributed by atoms with Crippen molar-refractivity contribution in [2.45, 2.75) is 45.8 Å². The van der Waals surface area contributed by atoms with Gasteiger partial charge in [0, 0.05) is 30.4 Å². The van der Waals surface area contributed by atoms with Crippen molar-refractivity contribution in [3.63, 3.8) is 0 Å². The number of ether oxygens (including phenoxy) is 1. The van der Waals surface area contributed by atoms with E-state index in [1.165, 1.54) is 35.9 Å². The zero-order valence-electron chi connectivity index (χ0n) is 19.7. The molecule has 0 spiro atoms. The van der Waals surface area contributed by atoms with Gasteiger partial charge in [0.15, 0.2) is 18.1 Å². The quantitative estimate of drug-likeness (QED) is 0.364. The second kappa shape index (κ2) is 8.50. The standard InChI is InChI=1S/C26H26N8O/c1-15-9-20-19(7-8-28-26(20)27)16(2)21(15)11-29-22-10-25(31-14-30-22)35-13-23-32-24-6-5-18(17-3-4-17)12-34(24)33-23/h5-10,12,14,17H,3-4,11,13H2,1-2H3,(H2,27,28)(H,29,30,31). The van der Waals surface area contributed by atoms with Crippen LogP contribution in [0.5, 0.6) is 5.88 Å². The number of hydrogen-bond donors (Lipinski definition) is 2. The Bertz CT molecular complexity index is 1560. The van der Waals surface area contributed by atoms with Gasteiger partial charge >= 0.3 is 0 Å². The Hall–Kier alpha value is -4.27. The number of hydrogen-bond acceptors (Lipinski definition) is 8. The number of nitrogen functional groups attached to an aromatic ring is 1. The summed E-state index contributed by atoms with van der Waals surface area (Å²) in [7, 11) is 0. The molecule has 1 aliphatic rings. The normalized spacial score (nSPS) is 13.4.